The summed E-state index contributed by atoms with van der Waals surface area (Å²) in [5, 5.41) is 2.69. The van der Waals surface area contributed by atoms with Gasteiger partial charge >= 0.3 is 0 Å². The van der Waals surface area contributed by atoms with E-state index in [0.717, 1.165) is 5.69 Å². The summed E-state index contributed by atoms with van der Waals surface area (Å²) >= 11 is 0. The third-order valence-corrected chi connectivity index (χ3v) is 2.91. The van der Waals surface area contributed by atoms with Crippen molar-refractivity contribution < 1.29 is 14.0 Å². The lowest BCUT2D eigenvalue weighted by Crippen LogP contribution is -2.25. The minimum atomic E-state index is -0.555. The lowest BCUT2D eigenvalue weighted by Gasteiger charge is -2.08. The van der Waals surface area contributed by atoms with Gasteiger partial charge in [0.15, 0.2) is 0 Å². The Morgan fingerprint density at radius 2 is 2.00 bits per heavy atom. The number of oxazole rings is 1. The maximum absolute atomic E-state index is 12.1. The topological polar surface area (TPSA) is 98.2 Å². The van der Waals surface area contributed by atoms with Gasteiger partial charge in [-0.25, -0.2) is 4.98 Å². The Bertz CT molecular complexity index is 661. The highest BCUT2D eigenvalue weighted by Gasteiger charge is 2.14. The minimum Gasteiger partial charge on any atom is -0.447 e. The fourth-order valence-electron chi connectivity index (χ4n) is 1.88. The molecule has 1 aromatic carbocycles. The molecular formula is C14H15N3O3. The van der Waals surface area contributed by atoms with Gasteiger partial charge in [-0.2, -0.15) is 0 Å². The highest BCUT2D eigenvalue weighted by Crippen LogP contribution is 2.13. The number of primary amides is 1. The molecule has 20 heavy (non-hydrogen) atoms. The van der Waals surface area contributed by atoms with Crippen LogP contribution in [0.1, 0.15) is 37.9 Å². The summed E-state index contributed by atoms with van der Waals surface area (Å²) in [6.07, 6.45) is 1.51. The largest absolute Gasteiger partial charge is 0.447 e. The highest BCUT2D eigenvalue weighted by atomic mass is 16.3. The monoisotopic (exact) mass is 273 g/mol. The number of aryl methyl sites for hydroxylation is 1. The Morgan fingerprint density at radius 1 is 1.30 bits per heavy atom. The van der Waals surface area contributed by atoms with Crippen LogP contribution >= 0.6 is 0 Å². The molecule has 0 unspecified atom stereocenters. The van der Waals surface area contributed by atoms with Gasteiger partial charge in [-0.15, -0.1) is 0 Å². The maximum atomic E-state index is 12.1. The first-order valence-corrected chi connectivity index (χ1v) is 6.07. The van der Waals surface area contributed by atoms with Crippen molar-refractivity contribution in [1.29, 1.82) is 0 Å². The maximum Gasteiger partial charge on any atom is 0.252 e. The second kappa shape index (κ2) is 5.56. The summed E-state index contributed by atoms with van der Waals surface area (Å²) in [6.45, 7) is 3.67. The van der Waals surface area contributed by atoms with Crippen LogP contribution in [0.3, 0.4) is 0 Å². The summed E-state index contributed by atoms with van der Waals surface area (Å²) in [6, 6.07) is 4.85. The van der Waals surface area contributed by atoms with Crippen LogP contribution in [0.4, 0.5) is 0 Å². The summed E-state index contributed by atoms with van der Waals surface area (Å²) in [5.74, 6) is -0.429. The molecule has 0 saturated heterocycles. The smallest absolute Gasteiger partial charge is 0.252 e. The molecule has 3 N–H and O–H groups in total. The molecule has 2 amide bonds. The second-order valence-electron chi connectivity index (χ2n) is 4.41. The van der Waals surface area contributed by atoms with E-state index >= 15 is 0 Å². The number of hydrogen-bond donors (Lipinski definition) is 2. The van der Waals surface area contributed by atoms with Crippen LogP contribution in [0.15, 0.2) is 28.9 Å². The van der Waals surface area contributed by atoms with E-state index in [4.69, 9.17) is 10.2 Å². The molecule has 2 aromatic rings. The average molecular weight is 273 g/mol. The highest BCUT2D eigenvalue weighted by molar-refractivity contribution is 6.01. The van der Waals surface area contributed by atoms with Crippen molar-refractivity contribution in [2.45, 2.75) is 20.4 Å². The first-order valence-electron chi connectivity index (χ1n) is 6.07. The van der Waals surface area contributed by atoms with E-state index in [1.807, 2.05) is 0 Å². The van der Waals surface area contributed by atoms with E-state index in [2.05, 4.69) is 10.3 Å². The Morgan fingerprint density at radius 3 is 2.60 bits per heavy atom. The Kier molecular flexibility index (Phi) is 3.84. The van der Waals surface area contributed by atoms with Crippen LogP contribution in [-0.4, -0.2) is 16.8 Å². The van der Waals surface area contributed by atoms with Crippen molar-refractivity contribution in [2.24, 2.45) is 5.73 Å². The number of rotatable bonds is 4. The number of carbonyl (C=O) groups is 2. The van der Waals surface area contributed by atoms with Crippen molar-refractivity contribution in [3.05, 3.63) is 52.7 Å². The zero-order valence-corrected chi connectivity index (χ0v) is 11.3. The third kappa shape index (κ3) is 2.85. The van der Waals surface area contributed by atoms with E-state index < -0.39 is 5.91 Å². The van der Waals surface area contributed by atoms with Crippen molar-refractivity contribution in [1.82, 2.24) is 10.3 Å². The van der Waals surface area contributed by atoms with E-state index in [1.165, 1.54) is 6.26 Å². The van der Waals surface area contributed by atoms with Gasteiger partial charge in [-0.05, 0) is 31.5 Å². The minimum absolute atomic E-state index is 0.187. The van der Waals surface area contributed by atoms with Gasteiger partial charge in [0, 0.05) is 11.1 Å². The first-order chi connectivity index (χ1) is 9.49. The average Bonchev–Trinajstić information content (AvgIpc) is 2.81. The zero-order valence-electron chi connectivity index (χ0n) is 11.3. The third-order valence-electron chi connectivity index (χ3n) is 2.91. The van der Waals surface area contributed by atoms with Gasteiger partial charge in [0.1, 0.15) is 6.26 Å². The number of hydrogen-bond acceptors (Lipinski definition) is 4. The van der Waals surface area contributed by atoms with Crippen LogP contribution < -0.4 is 11.1 Å². The van der Waals surface area contributed by atoms with Crippen LogP contribution in [0, 0.1) is 13.8 Å². The van der Waals surface area contributed by atoms with Crippen molar-refractivity contribution >= 4 is 11.8 Å². The van der Waals surface area contributed by atoms with Gasteiger partial charge in [0.25, 0.3) is 5.91 Å². The van der Waals surface area contributed by atoms with Gasteiger partial charge in [-0.1, -0.05) is 6.07 Å². The summed E-state index contributed by atoms with van der Waals surface area (Å²) in [5.41, 5.74) is 7.31. The van der Waals surface area contributed by atoms with Crippen molar-refractivity contribution in [2.75, 3.05) is 0 Å². The lowest BCUT2D eigenvalue weighted by molar-refractivity contribution is 0.0946. The molecule has 6 nitrogen and oxygen atoms in total. The molecular weight excluding hydrogens is 258 g/mol. The molecule has 0 radical (unpaired) electrons. The quantitative estimate of drug-likeness (QED) is 0.877. The molecule has 2 rings (SSSR count). The van der Waals surface area contributed by atoms with E-state index in [0.29, 0.717) is 22.6 Å². The predicted molar refractivity (Wildman–Crippen MR) is 72.1 cm³/mol. The fourth-order valence-corrected chi connectivity index (χ4v) is 1.88. The molecule has 0 atom stereocenters. The summed E-state index contributed by atoms with van der Waals surface area (Å²) in [7, 11) is 0. The van der Waals surface area contributed by atoms with Gasteiger partial charge < -0.3 is 15.5 Å². The molecule has 0 bridgehead atoms. The van der Waals surface area contributed by atoms with Gasteiger partial charge in [0.2, 0.25) is 11.8 Å². The number of benzene rings is 1. The van der Waals surface area contributed by atoms with Gasteiger partial charge in [0.05, 0.1) is 12.2 Å². The first kappa shape index (κ1) is 13.8. The number of nitrogens with one attached hydrogen (secondary N) is 1. The standard InChI is InChI=1S/C14H15N3O3/c1-8-7-20-12(17-8)6-16-14(19)11-5-3-4-10(9(11)2)13(15)18/h3-5,7H,6H2,1-2H3,(H2,15,18)(H,16,19). The molecule has 6 heteroatoms. The molecule has 104 valence electrons. The summed E-state index contributed by atoms with van der Waals surface area (Å²) < 4.78 is 5.14. The number of nitrogens with zero attached hydrogens (tertiary/aromatic N) is 1. The normalized spacial score (nSPS) is 10.3. The number of amides is 2. The molecule has 0 fully saturated rings. The molecule has 0 saturated carbocycles. The SMILES string of the molecule is Cc1coc(CNC(=O)c2cccc(C(N)=O)c2C)n1. The van der Waals surface area contributed by atoms with Crippen molar-refractivity contribution in [3.63, 3.8) is 0 Å². The Hall–Kier alpha value is -2.63. The van der Waals surface area contributed by atoms with E-state index in [9.17, 15) is 9.59 Å². The zero-order chi connectivity index (χ0) is 14.7. The van der Waals surface area contributed by atoms with Crippen LogP contribution in [-0.2, 0) is 6.54 Å². The van der Waals surface area contributed by atoms with Crippen molar-refractivity contribution in [3.8, 4) is 0 Å². The Balaban J connectivity index is 2.13. The second-order valence-corrected chi connectivity index (χ2v) is 4.41. The lowest BCUT2D eigenvalue weighted by atomic mass is 10.0. The van der Waals surface area contributed by atoms with E-state index in [-0.39, 0.29) is 12.5 Å². The van der Waals surface area contributed by atoms with Gasteiger partial charge in [-0.3, -0.25) is 9.59 Å². The molecule has 0 aliphatic heterocycles. The van der Waals surface area contributed by atoms with Crippen LogP contribution in [0.2, 0.25) is 0 Å². The van der Waals surface area contributed by atoms with Crippen LogP contribution in [0.5, 0.6) is 0 Å². The number of aromatic nitrogens is 1. The molecule has 0 aliphatic rings. The molecule has 0 aliphatic carbocycles. The molecule has 1 heterocycles. The Labute approximate surface area is 116 Å². The van der Waals surface area contributed by atoms with Crippen LogP contribution in [0.25, 0.3) is 0 Å². The molecule has 0 spiro atoms. The summed E-state index contributed by atoms with van der Waals surface area (Å²) in [4.78, 5) is 27.4. The predicted octanol–water partition coefficient (Wildman–Crippen LogP) is 1.32. The van der Waals surface area contributed by atoms with E-state index in [1.54, 1.807) is 32.0 Å². The molecule has 1 aromatic heterocycles. The number of nitrogens with two attached hydrogens (primary N) is 1. The fraction of sp³-hybridized carbons (Fsp3) is 0.214. The number of carbonyl (C=O) groups excluding carboxylic acids is 2.